The Labute approximate surface area is 147 Å². The zero-order chi connectivity index (χ0) is 17.9. The van der Waals surface area contributed by atoms with Crippen molar-refractivity contribution in [2.24, 2.45) is 5.92 Å². The highest BCUT2D eigenvalue weighted by molar-refractivity contribution is 5.77. The summed E-state index contributed by atoms with van der Waals surface area (Å²) in [4.78, 5) is 16.1. The van der Waals surface area contributed by atoms with E-state index in [0.717, 1.165) is 30.8 Å². The summed E-state index contributed by atoms with van der Waals surface area (Å²) in [5, 5.41) is 3.10. The lowest BCUT2D eigenvalue weighted by atomic mass is 10.2. The Morgan fingerprint density at radius 1 is 1.21 bits per heavy atom. The number of ether oxygens (including phenoxy) is 1. The molecule has 0 spiro atoms. The molecule has 0 fully saturated rings. The molecule has 0 aliphatic carbocycles. The van der Waals surface area contributed by atoms with E-state index in [0.29, 0.717) is 25.6 Å². The molecule has 5 heteroatoms. The second-order valence-electron chi connectivity index (χ2n) is 6.79. The summed E-state index contributed by atoms with van der Waals surface area (Å²) in [7, 11) is 5.78. The summed E-state index contributed by atoms with van der Waals surface area (Å²) in [5.41, 5.74) is 1.11. The number of hydrogen-bond donors (Lipinski definition) is 1. The van der Waals surface area contributed by atoms with E-state index in [-0.39, 0.29) is 5.91 Å². The molecule has 0 radical (unpaired) electrons. The van der Waals surface area contributed by atoms with Gasteiger partial charge in [0.15, 0.2) is 0 Å². The summed E-state index contributed by atoms with van der Waals surface area (Å²) in [6, 6.07) is 7.99. The van der Waals surface area contributed by atoms with Gasteiger partial charge in [0.1, 0.15) is 5.75 Å². The minimum absolute atomic E-state index is 0.144. The van der Waals surface area contributed by atoms with Gasteiger partial charge in [0.2, 0.25) is 5.91 Å². The Balaban J connectivity index is 2.40. The third-order valence-electron chi connectivity index (χ3n) is 3.69. The quantitative estimate of drug-likeness (QED) is 0.630. The van der Waals surface area contributed by atoms with E-state index in [1.165, 1.54) is 0 Å². The first-order valence-electron chi connectivity index (χ1n) is 8.71. The molecule has 0 atom stereocenters. The Morgan fingerprint density at radius 2 is 1.88 bits per heavy atom. The smallest absolute Gasteiger partial charge is 0.236 e. The maximum absolute atomic E-state index is 12.3. The molecule has 0 unspecified atom stereocenters. The fourth-order valence-electron chi connectivity index (χ4n) is 2.53. The van der Waals surface area contributed by atoms with Crippen LogP contribution in [0.1, 0.15) is 25.8 Å². The van der Waals surface area contributed by atoms with Gasteiger partial charge in [-0.3, -0.25) is 9.69 Å². The van der Waals surface area contributed by atoms with Crippen molar-refractivity contribution in [1.29, 1.82) is 0 Å². The van der Waals surface area contributed by atoms with Gasteiger partial charge in [0, 0.05) is 20.1 Å². The number of carbonyl (C=O) groups is 1. The average molecular weight is 335 g/mol. The Morgan fingerprint density at radius 3 is 2.46 bits per heavy atom. The molecule has 1 aromatic carbocycles. The van der Waals surface area contributed by atoms with Crippen molar-refractivity contribution in [1.82, 2.24) is 15.1 Å². The molecule has 0 aliphatic rings. The highest BCUT2D eigenvalue weighted by Gasteiger charge is 2.13. The van der Waals surface area contributed by atoms with Crippen LogP contribution >= 0.6 is 0 Å². The summed E-state index contributed by atoms with van der Waals surface area (Å²) in [6.45, 7) is 7.99. The molecule has 1 N–H and O–H groups in total. The van der Waals surface area contributed by atoms with Crippen molar-refractivity contribution >= 4 is 5.91 Å². The summed E-state index contributed by atoms with van der Waals surface area (Å²) in [6.07, 6.45) is 0.986. The van der Waals surface area contributed by atoms with Crippen LogP contribution < -0.4 is 10.1 Å². The van der Waals surface area contributed by atoms with Gasteiger partial charge < -0.3 is 15.0 Å². The highest BCUT2D eigenvalue weighted by Crippen LogP contribution is 2.13. The van der Waals surface area contributed by atoms with Gasteiger partial charge in [0.05, 0.1) is 13.2 Å². The van der Waals surface area contributed by atoms with Gasteiger partial charge in [-0.25, -0.2) is 0 Å². The van der Waals surface area contributed by atoms with E-state index in [9.17, 15) is 4.79 Å². The van der Waals surface area contributed by atoms with E-state index >= 15 is 0 Å². The first-order valence-corrected chi connectivity index (χ1v) is 8.71. The Bertz CT molecular complexity index is 474. The highest BCUT2D eigenvalue weighted by atomic mass is 16.5. The van der Waals surface area contributed by atoms with Gasteiger partial charge in [-0.05, 0) is 50.7 Å². The molecule has 1 aromatic rings. The normalized spacial score (nSPS) is 11.1. The maximum Gasteiger partial charge on any atom is 0.236 e. The summed E-state index contributed by atoms with van der Waals surface area (Å²) in [5.74, 6) is 1.58. The van der Waals surface area contributed by atoms with Crippen LogP contribution in [0.2, 0.25) is 0 Å². The van der Waals surface area contributed by atoms with Gasteiger partial charge >= 0.3 is 0 Å². The summed E-state index contributed by atoms with van der Waals surface area (Å²) >= 11 is 0. The molecule has 24 heavy (non-hydrogen) atoms. The second-order valence-corrected chi connectivity index (χ2v) is 6.79. The first kappa shape index (κ1) is 20.5. The van der Waals surface area contributed by atoms with Crippen LogP contribution in [0.4, 0.5) is 0 Å². The third-order valence-corrected chi connectivity index (χ3v) is 3.69. The van der Waals surface area contributed by atoms with Gasteiger partial charge in [-0.15, -0.1) is 0 Å². The minimum atomic E-state index is 0.144. The van der Waals surface area contributed by atoms with E-state index in [1.807, 2.05) is 45.4 Å². The van der Waals surface area contributed by atoms with E-state index < -0.39 is 0 Å². The average Bonchev–Trinajstić information content (AvgIpc) is 2.52. The fourth-order valence-corrected chi connectivity index (χ4v) is 2.53. The van der Waals surface area contributed by atoms with Crippen molar-refractivity contribution in [3.05, 3.63) is 29.8 Å². The molecule has 0 aliphatic heterocycles. The third kappa shape index (κ3) is 8.31. The SMILES string of the molecule is CNCCCOc1ccc(CN(C)C(=O)CN(C)CC(C)C)cc1. The molecule has 0 saturated carbocycles. The van der Waals surface area contributed by atoms with E-state index in [2.05, 4.69) is 24.1 Å². The molecular formula is C19H33N3O2. The molecule has 5 nitrogen and oxygen atoms in total. The first-order chi connectivity index (χ1) is 11.4. The standard InChI is InChI=1S/C19H33N3O2/c1-16(2)13-21(4)15-19(23)22(5)14-17-7-9-18(10-8-17)24-12-6-11-20-3/h7-10,16,20H,6,11-15H2,1-5H3. The van der Waals surface area contributed by atoms with Crippen molar-refractivity contribution in [3.63, 3.8) is 0 Å². The number of nitrogens with zero attached hydrogens (tertiary/aromatic N) is 2. The van der Waals surface area contributed by atoms with Crippen LogP contribution in [0.3, 0.4) is 0 Å². The molecular weight excluding hydrogens is 302 g/mol. The van der Waals surface area contributed by atoms with Crippen LogP contribution in [0, 0.1) is 5.92 Å². The van der Waals surface area contributed by atoms with Crippen molar-refractivity contribution < 1.29 is 9.53 Å². The zero-order valence-corrected chi connectivity index (χ0v) is 15.8. The number of nitrogens with one attached hydrogen (secondary N) is 1. The van der Waals surface area contributed by atoms with Crippen LogP contribution in [-0.4, -0.2) is 63.1 Å². The number of benzene rings is 1. The number of hydrogen-bond acceptors (Lipinski definition) is 4. The van der Waals surface area contributed by atoms with Gasteiger partial charge in [-0.1, -0.05) is 26.0 Å². The van der Waals surface area contributed by atoms with Gasteiger partial charge in [0.25, 0.3) is 0 Å². The molecule has 0 aromatic heterocycles. The number of amides is 1. The molecule has 0 bridgehead atoms. The predicted octanol–water partition coefficient (Wildman–Crippen LogP) is 2.22. The molecule has 0 saturated heterocycles. The van der Waals surface area contributed by atoms with Crippen LogP contribution in [0.25, 0.3) is 0 Å². The topological polar surface area (TPSA) is 44.8 Å². The molecule has 1 rings (SSSR count). The number of rotatable bonds is 11. The lowest BCUT2D eigenvalue weighted by molar-refractivity contribution is -0.131. The molecule has 0 heterocycles. The van der Waals surface area contributed by atoms with Crippen molar-refractivity contribution in [2.75, 3.05) is 47.4 Å². The van der Waals surface area contributed by atoms with Crippen LogP contribution in [0.5, 0.6) is 5.75 Å². The monoisotopic (exact) mass is 335 g/mol. The fraction of sp³-hybridized carbons (Fsp3) is 0.632. The number of carbonyl (C=O) groups excluding carboxylic acids is 1. The Kier molecular flexibility index (Phi) is 9.42. The second kappa shape index (κ2) is 11.0. The van der Waals surface area contributed by atoms with E-state index in [4.69, 9.17) is 4.74 Å². The van der Waals surface area contributed by atoms with Crippen molar-refractivity contribution in [2.45, 2.75) is 26.8 Å². The maximum atomic E-state index is 12.3. The van der Waals surface area contributed by atoms with Gasteiger partial charge in [-0.2, -0.15) is 0 Å². The minimum Gasteiger partial charge on any atom is -0.494 e. The lowest BCUT2D eigenvalue weighted by Crippen LogP contribution is -2.37. The van der Waals surface area contributed by atoms with Crippen LogP contribution in [0.15, 0.2) is 24.3 Å². The van der Waals surface area contributed by atoms with Crippen LogP contribution in [-0.2, 0) is 11.3 Å². The van der Waals surface area contributed by atoms with Crippen molar-refractivity contribution in [3.8, 4) is 5.75 Å². The number of likely N-dealkylation sites (N-methyl/N-ethyl adjacent to an activating group) is 2. The molecule has 136 valence electrons. The van der Waals surface area contributed by atoms with E-state index in [1.54, 1.807) is 4.90 Å². The predicted molar refractivity (Wildman–Crippen MR) is 99.3 cm³/mol. The lowest BCUT2D eigenvalue weighted by Gasteiger charge is -2.23. The molecule has 1 amide bonds. The summed E-state index contributed by atoms with van der Waals surface area (Å²) < 4.78 is 5.68. The Hall–Kier alpha value is -1.59. The zero-order valence-electron chi connectivity index (χ0n) is 15.8. The largest absolute Gasteiger partial charge is 0.494 e.